The normalized spacial score (nSPS) is 11.5. The Kier molecular flexibility index (Phi) is 5.38. The van der Waals surface area contributed by atoms with Crippen LogP contribution in [0.4, 0.5) is 11.5 Å². The minimum atomic E-state index is 0.613. The molecule has 0 radical (unpaired) electrons. The van der Waals surface area contributed by atoms with Crippen LogP contribution in [0.2, 0.25) is 5.02 Å². The number of aryl methyl sites for hydroxylation is 4. The van der Waals surface area contributed by atoms with Gasteiger partial charge in [-0.2, -0.15) is 0 Å². The second-order valence-electron chi connectivity index (χ2n) is 8.86. The Morgan fingerprint density at radius 2 is 1.70 bits per heavy atom. The number of aromatic amines is 1. The van der Waals surface area contributed by atoms with Crippen molar-refractivity contribution in [2.24, 2.45) is 0 Å². The summed E-state index contributed by atoms with van der Waals surface area (Å²) in [6, 6.07) is 11.5. The van der Waals surface area contributed by atoms with Crippen molar-refractivity contribution in [3.05, 3.63) is 64.5 Å². The van der Waals surface area contributed by atoms with Gasteiger partial charge in [0.25, 0.3) is 0 Å². The molecule has 2 aromatic carbocycles. The van der Waals surface area contributed by atoms with E-state index in [4.69, 9.17) is 30.4 Å². The van der Waals surface area contributed by atoms with Crippen molar-refractivity contribution in [3.63, 3.8) is 0 Å². The van der Waals surface area contributed by atoms with Crippen LogP contribution in [0.15, 0.2) is 45.4 Å². The van der Waals surface area contributed by atoms with Gasteiger partial charge in [-0.1, -0.05) is 34.0 Å². The summed E-state index contributed by atoms with van der Waals surface area (Å²) in [5.74, 6) is 3.29. The van der Waals surface area contributed by atoms with E-state index in [1.54, 1.807) is 7.11 Å². The summed E-state index contributed by atoms with van der Waals surface area (Å²) in [4.78, 5) is 12.9. The number of hydrogen-bond donors (Lipinski definition) is 2. The van der Waals surface area contributed by atoms with E-state index >= 15 is 0 Å². The third kappa shape index (κ3) is 3.79. The molecule has 0 unspecified atom stereocenters. The molecule has 0 spiro atoms. The Bertz CT molecular complexity index is 1780. The molecule has 6 rings (SSSR count). The van der Waals surface area contributed by atoms with Gasteiger partial charge in [0.15, 0.2) is 5.76 Å². The lowest BCUT2D eigenvalue weighted by molar-refractivity contribution is 0.393. The number of benzene rings is 2. The first-order valence-electron chi connectivity index (χ1n) is 11.6. The zero-order valence-electron chi connectivity index (χ0n) is 20.9. The van der Waals surface area contributed by atoms with Crippen LogP contribution >= 0.6 is 11.6 Å². The summed E-state index contributed by atoms with van der Waals surface area (Å²) in [7, 11) is 1.65. The van der Waals surface area contributed by atoms with Gasteiger partial charge in [0.05, 0.1) is 23.8 Å². The molecule has 0 saturated heterocycles. The molecule has 0 aliphatic rings. The minimum Gasteiger partial charge on any atom is -0.496 e. The third-order valence-electron chi connectivity index (χ3n) is 6.41. The van der Waals surface area contributed by atoms with Crippen molar-refractivity contribution in [2.75, 3.05) is 12.4 Å². The number of halogens is 1. The van der Waals surface area contributed by atoms with Gasteiger partial charge >= 0.3 is 0 Å². The number of methoxy groups -OCH3 is 1. The molecule has 0 atom stereocenters. The van der Waals surface area contributed by atoms with Crippen LogP contribution in [0.5, 0.6) is 5.75 Å². The lowest BCUT2D eigenvalue weighted by Gasteiger charge is -2.10. The van der Waals surface area contributed by atoms with Gasteiger partial charge in [0, 0.05) is 27.1 Å². The molecule has 0 bridgehead atoms. The Morgan fingerprint density at radius 3 is 2.41 bits per heavy atom. The zero-order valence-corrected chi connectivity index (χ0v) is 21.6. The van der Waals surface area contributed by atoms with E-state index in [2.05, 4.69) is 25.6 Å². The van der Waals surface area contributed by atoms with Gasteiger partial charge < -0.3 is 24.1 Å². The number of nitrogens with one attached hydrogen (secondary N) is 2. The van der Waals surface area contributed by atoms with Gasteiger partial charge in [-0.05, 0) is 52.0 Å². The molecule has 9 nitrogen and oxygen atoms in total. The highest BCUT2D eigenvalue weighted by atomic mass is 35.5. The number of hydrogen-bond acceptors (Lipinski definition) is 8. The maximum Gasteiger partial charge on any atom is 0.157 e. The molecule has 0 aliphatic carbocycles. The van der Waals surface area contributed by atoms with E-state index in [0.717, 1.165) is 50.1 Å². The minimum absolute atomic E-state index is 0.613. The second kappa shape index (κ2) is 8.63. The van der Waals surface area contributed by atoms with Crippen LogP contribution in [0.25, 0.3) is 44.3 Å². The van der Waals surface area contributed by atoms with E-state index in [0.29, 0.717) is 39.5 Å². The first kappa shape index (κ1) is 23.1. The van der Waals surface area contributed by atoms with Gasteiger partial charge in [-0.25, -0.2) is 9.97 Å². The molecule has 0 fully saturated rings. The van der Waals surface area contributed by atoms with Crippen LogP contribution < -0.4 is 10.1 Å². The second-order valence-corrected chi connectivity index (χ2v) is 9.30. The average Bonchev–Trinajstić information content (AvgIpc) is 3.53. The van der Waals surface area contributed by atoms with Crippen molar-refractivity contribution >= 4 is 45.0 Å². The molecule has 2 N–H and O–H groups in total. The summed E-state index contributed by atoms with van der Waals surface area (Å²) in [5.41, 5.74) is 6.42. The monoisotopic (exact) mass is 514 g/mol. The van der Waals surface area contributed by atoms with E-state index in [1.165, 1.54) is 0 Å². The van der Waals surface area contributed by atoms with Gasteiger partial charge in [0.2, 0.25) is 0 Å². The molecule has 4 heterocycles. The molecule has 37 heavy (non-hydrogen) atoms. The number of anilines is 2. The molecule has 186 valence electrons. The van der Waals surface area contributed by atoms with Crippen LogP contribution in [-0.4, -0.2) is 32.4 Å². The smallest absolute Gasteiger partial charge is 0.157 e. The van der Waals surface area contributed by atoms with Crippen LogP contribution in [-0.2, 0) is 0 Å². The number of fused-ring (bicyclic) bond motifs is 3. The first-order chi connectivity index (χ1) is 17.8. The summed E-state index contributed by atoms with van der Waals surface area (Å²) < 4.78 is 16.8. The largest absolute Gasteiger partial charge is 0.496 e. The summed E-state index contributed by atoms with van der Waals surface area (Å²) in [6.45, 7) is 7.51. The van der Waals surface area contributed by atoms with Gasteiger partial charge in [0.1, 0.15) is 40.2 Å². The molecule has 10 heteroatoms. The zero-order chi connectivity index (χ0) is 25.8. The topological polar surface area (TPSA) is 115 Å². The van der Waals surface area contributed by atoms with Gasteiger partial charge in [-0.3, -0.25) is 0 Å². The summed E-state index contributed by atoms with van der Waals surface area (Å²) in [6.07, 6.45) is 0. The van der Waals surface area contributed by atoms with Crippen LogP contribution in [0.3, 0.4) is 0 Å². The SMILES string of the molecule is COc1cc2c(cc1-c1c(C)noc1C)[nH]c1nc(C)nc(Nc3c(-c4ccc(Cl)cc4)noc3C)c12. The molecule has 6 aromatic rings. The predicted molar refractivity (Wildman–Crippen MR) is 143 cm³/mol. The summed E-state index contributed by atoms with van der Waals surface area (Å²) in [5, 5.41) is 14.2. The first-order valence-corrected chi connectivity index (χ1v) is 12.0. The average molecular weight is 515 g/mol. The molecule has 0 amide bonds. The molecule has 0 saturated carbocycles. The number of nitrogens with zero attached hydrogens (tertiary/aromatic N) is 4. The van der Waals surface area contributed by atoms with E-state index in [1.807, 2.05) is 64.1 Å². The molecular weight excluding hydrogens is 492 g/mol. The quantitative estimate of drug-likeness (QED) is 0.251. The lowest BCUT2D eigenvalue weighted by Crippen LogP contribution is -2.00. The van der Waals surface area contributed by atoms with Crippen LogP contribution in [0.1, 0.15) is 23.0 Å². The Balaban J connectivity index is 1.55. The summed E-state index contributed by atoms with van der Waals surface area (Å²) >= 11 is 6.09. The van der Waals surface area contributed by atoms with Crippen molar-refractivity contribution in [1.29, 1.82) is 0 Å². The predicted octanol–water partition coefficient (Wildman–Crippen LogP) is 7.06. The Hall–Kier alpha value is -4.37. The Labute approximate surface area is 216 Å². The van der Waals surface area contributed by atoms with Crippen molar-refractivity contribution in [2.45, 2.75) is 27.7 Å². The third-order valence-corrected chi connectivity index (χ3v) is 6.66. The maximum atomic E-state index is 6.09. The van der Waals surface area contributed by atoms with Crippen molar-refractivity contribution in [1.82, 2.24) is 25.3 Å². The number of rotatable bonds is 5. The van der Waals surface area contributed by atoms with E-state index in [-0.39, 0.29) is 0 Å². The fourth-order valence-corrected chi connectivity index (χ4v) is 4.83. The van der Waals surface area contributed by atoms with Crippen LogP contribution in [0, 0.1) is 27.7 Å². The lowest BCUT2D eigenvalue weighted by atomic mass is 10.0. The van der Waals surface area contributed by atoms with Crippen molar-refractivity contribution < 1.29 is 13.8 Å². The fourth-order valence-electron chi connectivity index (χ4n) is 4.70. The standard InChI is InChI=1S/C27H23ClN6O3/c1-12-22(13(2)36-33-12)19-10-20-18(11-21(19)35-5)23-26(31-20)29-15(4)30-27(23)32-24-14(3)37-34-25(24)16-6-8-17(28)9-7-16/h6-11H,1-5H3,(H2,29,30,31,32). The van der Waals surface area contributed by atoms with Gasteiger partial charge in [-0.15, -0.1) is 0 Å². The number of H-pyrrole nitrogens is 1. The highest BCUT2D eigenvalue weighted by Crippen LogP contribution is 2.42. The highest BCUT2D eigenvalue weighted by Gasteiger charge is 2.22. The van der Waals surface area contributed by atoms with Crippen molar-refractivity contribution in [3.8, 4) is 28.1 Å². The molecule has 0 aliphatic heterocycles. The fraction of sp³-hybridized carbons (Fsp3) is 0.185. The number of ether oxygens (including phenoxy) is 1. The Morgan fingerprint density at radius 1 is 0.946 bits per heavy atom. The highest BCUT2D eigenvalue weighted by molar-refractivity contribution is 6.30. The molecular formula is C27H23ClN6O3. The van der Waals surface area contributed by atoms with E-state index < -0.39 is 0 Å². The number of aromatic nitrogens is 5. The maximum absolute atomic E-state index is 6.09. The molecule has 4 aromatic heterocycles. The van der Waals surface area contributed by atoms with E-state index in [9.17, 15) is 0 Å².